The van der Waals surface area contributed by atoms with E-state index in [4.69, 9.17) is 4.74 Å². The summed E-state index contributed by atoms with van der Waals surface area (Å²) in [6.07, 6.45) is 10.2. The number of hydrogen-bond acceptors (Lipinski definition) is 1. The topological polar surface area (TPSA) is 9.23 Å². The van der Waals surface area contributed by atoms with Crippen LogP contribution in [0.3, 0.4) is 0 Å². The molecule has 0 amide bonds. The zero-order valence-corrected chi connectivity index (χ0v) is 14.6. The summed E-state index contributed by atoms with van der Waals surface area (Å²) < 4.78 is 5.92. The van der Waals surface area contributed by atoms with Crippen molar-refractivity contribution in [3.8, 4) is 0 Å². The Hall–Kier alpha value is -0.0400. The lowest BCUT2D eigenvalue weighted by Crippen LogP contribution is -2.59. The second-order valence-electron chi connectivity index (χ2n) is 9.98. The molecule has 1 heteroatoms. The zero-order valence-electron chi connectivity index (χ0n) is 14.6. The SMILES string of the molecule is CC1(C)CCC[C@]2(C)[C@H]3CC[C@@H]4COC[C@H]4[C@]3(C)CC[C@@H]12. The summed E-state index contributed by atoms with van der Waals surface area (Å²) in [5, 5.41) is 0. The highest BCUT2D eigenvalue weighted by Crippen LogP contribution is 2.69. The average molecular weight is 290 g/mol. The maximum atomic E-state index is 5.92. The smallest absolute Gasteiger partial charge is 0.0503 e. The van der Waals surface area contributed by atoms with E-state index in [1.165, 1.54) is 44.9 Å². The molecular formula is C20H34O. The van der Waals surface area contributed by atoms with Crippen LogP contribution >= 0.6 is 0 Å². The molecule has 1 aliphatic heterocycles. The fourth-order valence-electron chi connectivity index (χ4n) is 7.78. The third-order valence-corrected chi connectivity index (χ3v) is 8.71. The number of fused-ring (bicyclic) bond motifs is 5. The van der Waals surface area contributed by atoms with Crippen LogP contribution in [0.2, 0.25) is 0 Å². The summed E-state index contributed by atoms with van der Waals surface area (Å²) in [4.78, 5) is 0. The molecule has 0 radical (unpaired) electrons. The third-order valence-electron chi connectivity index (χ3n) is 8.71. The van der Waals surface area contributed by atoms with Gasteiger partial charge < -0.3 is 4.74 Å². The molecule has 0 N–H and O–H groups in total. The van der Waals surface area contributed by atoms with E-state index in [0.29, 0.717) is 16.2 Å². The Kier molecular flexibility index (Phi) is 3.11. The predicted octanol–water partition coefficient (Wildman–Crippen LogP) is 5.29. The summed E-state index contributed by atoms with van der Waals surface area (Å²) >= 11 is 0. The van der Waals surface area contributed by atoms with Gasteiger partial charge >= 0.3 is 0 Å². The molecule has 0 aromatic heterocycles. The number of hydrogen-bond donors (Lipinski definition) is 0. The van der Waals surface area contributed by atoms with Crippen LogP contribution in [0.5, 0.6) is 0 Å². The normalized spacial score (nSPS) is 55.4. The van der Waals surface area contributed by atoms with Crippen molar-refractivity contribution in [3.05, 3.63) is 0 Å². The van der Waals surface area contributed by atoms with Gasteiger partial charge in [0.2, 0.25) is 0 Å². The van der Waals surface area contributed by atoms with Crippen molar-refractivity contribution in [3.63, 3.8) is 0 Å². The van der Waals surface area contributed by atoms with Crippen LogP contribution < -0.4 is 0 Å². The molecule has 0 unspecified atom stereocenters. The van der Waals surface area contributed by atoms with Crippen molar-refractivity contribution < 1.29 is 4.74 Å². The van der Waals surface area contributed by atoms with Gasteiger partial charge in [-0.2, -0.15) is 0 Å². The highest BCUT2D eigenvalue weighted by molar-refractivity contribution is 5.11. The van der Waals surface area contributed by atoms with Crippen LogP contribution in [0.1, 0.15) is 72.6 Å². The average Bonchev–Trinajstić information content (AvgIpc) is 2.86. The van der Waals surface area contributed by atoms with Crippen molar-refractivity contribution >= 4 is 0 Å². The minimum atomic E-state index is 0.567. The molecule has 4 fully saturated rings. The maximum Gasteiger partial charge on any atom is 0.0503 e. The van der Waals surface area contributed by atoms with Crippen molar-refractivity contribution in [2.45, 2.75) is 72.6 Å². The lowest BCUT2D eigenvalue weighted by molar-refractivity contribution is -0.168. The second-order valence-corrected chi connectivity index (χ2v) is 9.98. The molecule has 0 aromatic carbocycles. The minimum absolute atomic E-state index is 0.567. The van der Waals surface area contributed by atoms with Crippen molar-refractivity contribution in [2.24, 2.45) is 39.9 Å². The van der Waals surface area contributed by atoms with E-state index in [1.807, 2.05) is 0 Å². The lowest BCUT2D eigenvalue weighted by Gasteiger charge is -2.66. The summed E-state index contributed by atoms with van der Waals surface area (Å²) in [5.74, 6) is 3.64. The van der Waals surface area contributed by atoms with Gasteiger partial charge in [0.05, 0.1) is 6.61 Å². The molecule has 1 nitrogen and oxygen atoms in total. The minimum Gasteiger partial charge on any atom is -0.381 e. The van der Waals surface area contributed by atoms with Gasteiger partial charge in [-0.1, -0.05) is 34.1 Å². The van der Waals surface area contributed by atoms with Crippen LogP contribution in [0, 0.1) is 39.9 Å². The number of ether oxygens (including phenoxy) is 1. The highest BCUT2D eigenvalue weighted by atomic mass is 16.5. The highest BCUT2D eigenvalue weighted by Gasteiger charge is 2.62. The van der Waals surface area contributed by atoms with Gasteiger partial charge in [0.25, 0.3) is 0 Å². The molecule has 21 heavy (non-hydrogen) atoms. The summed E-state index contributed by atoms with van der Waals surface area (Å²) in [6.45, 7) is 12.5. The second kappa shape index (κ2) is 4.49. The monoisotopic (exact) mass is 290 g/mol. The first-order valence-corrected chi connectivity index (χ1v) is 9.46. The van der Waals surface area contributed by atoms with Gasteiger partial charge in [-0.25, -0.2) is 0 Å². The Morgan fingerprint density at radius 2 is 1.57 bits per heavy atom. The van der Waals surface area contributed by atoms with Gasteiger partial charge in [0.15, 0.2) is 0 Å². The van der Waals surface area contributed by atoms with E-state index in [0.717, 1.165) is 36.9 Å². The molecule has 4 rings (SSSR count). The third kappa shape index (κ3) is 1.85. The summed E-state index contributed by atoms with van der Waals surface area (Å²) in [6, 6.07) is 0. The van der Waals surface area contributed by atoms with Gasteiger partial charge in [0.1, 0.15) is 0 Å². The molecule has 0 aromatic rings. The fraction of sp³-hybridized carbons (Fsp3) is 1.00. The van der Waals surface area contributed by atoms with Crippen LogP contribution in [0.15, 0.2) is 0 Å². The Morgan fingerprint density at radius 3 is 2.38 bits per heavy atom. The van der Waals surface area contributed by atoms with Crippen LogP contribution in [-0.4, -0.2) is 13.2 Å². The first-order valence-electron chi connectivity index (χ1n) is 9.46. The first kappa shape index (κ1) is 14.5. The van der Waals surface area contributed by atoms with E-state index in [9.17, 15) is 0 Å². The lowest BCUT2D eigenvalue weighted by atomic mass is 9.39. The number of rotatable bonds is 0. The van der Waals surface area contributed by atoms with Crippen LogP contribution in [0.4, 0.5) is 0 Å². The predicted molar refractivity (Wildman–Crippen MR) is 87.1 cm³/mol. The molecule has 1 saturated heterocycles. The Bertz CT molecular complexity index is 428. The maximum absolute atomic E-state index is 5.92. The van der Waals surface area contributed by atoms with E-state index in [1.54, 1.807) is 0 Å². The summed E-state index contributed by atoms with van der Waals surface area (Å²) in [7, 11) is 0. The molecular weight excluding hydrogens is 256 g/mol. The van der Waals surface area contributed by atoms with Crippen molar-refractivity contribution in [1.82, 2.24) is 0 Å². The van der Waals surface area contributed by atoms with E-state index >= 15 is 0 Å². The molecule has 1 heterocycles. The standard InChI is InChI=1S/C20H34O/c1-18(2)9-5-10-20(4)16(18)8-11-19(3)15-13-21-12-14(15)6-7-17(19)20/h14-17H,5-13H2,1-4H3/t14-,15-,16+,17+,19+,20+/m1/s1. The Morgan fingerprint density at radius 1 is 0.762 bits per heavy atom. The summed E-state index contributed by atoms with van der Waals surface area (Å²) in [5.41, 5.74) is 1.73. The van der Waals surface area contributed by atoms with Crippen molar-refractivity contribution in [1.29, 1.82) is 0 Å². The fourth-order valence-corrected chi connectivity index (χ4v) is 7.78. The molecule has 4 aliphatic rings. The van der Waals surface area contributed by atoms with E-state index in [-0.39, 0.29) is 0 Å². The molecule has 3 aliphatic carbocycles. The van der Waals surface area contributed by atoms with Gasteiger partial charge in [-0.15, -0.1) is 0 Å². The zero-order chi connectivity index (χ0) is 14.9. The molecule has 0 spiro atoms. The molecule has 6 atom stereocenters. The van der Waals surface area contributed by atoms with Crippen molar-refractivity contribution in [2.75, 3.05) is 13.2 Å². The van der Waals surface area contributed by atoms with Gasteiger partial charge in [-0.3, -0.25) is 0 Å². The molecule has 3 saturated carbocycles. The quantitative estimate of drug-likeness (QED) is 0.589. The first-order chi connectivity index (χ1) is 9.88. The van der Waals surface area contributed by atoms with Crippen LogP contribution in [-0.2, 0) is 4.74 Å². The van der Waals surface area contributed by atoms with Gasteiger partial charge in [-0.05, 0) is 78.4 Å². The molecule has 0 bridgehead atoms. The van der Waals surface area contributed by atoms with E-state index < -0.39 is 0 Å². The largest absolute Gasteiger partial charge is 0.381 e. The molecule has 120 valence electrons. The van der Waals surface area contributed by atoms with E-state index in [2.05, 4.69) is 27.7 Å². The van der Waals surface area contributed by atoms with Gasteiger partial charge in [0, 0.05) is 6.61 Å². The van der Waals surface area contributed by atoms with Crippen LogP contribution in [0.25, 0.3) is 0 Å². The Balaban J connectivity index is 1.71. The Labute approximate surface area is 131 Å².